The second-order valence-electron chi connectivity index (χ2n) is 2.94. The average Bonchev–Trinajstić information content (AvgIpc) is 2.20. The van der Waals surface area contributed by atoms with Gasteiger partial charge in [0.2, 0.25) is 0 Å². The van der Waals surface area contributed by atoms with Gasteiger partial charge in [0.25, 0.3) is 0 Å². The van der Waals surface area contributed by atoms with Gasteiger partial charge in [-0.05, 0) is 26.0 Å². The fourth-order valence-electron chi connectivity index (χ4n) is 1.33. The number of hydrogen-bond donors (Lipinski definition) is 0. The molecular weight excluding hydrogens is 216 g/mol. The van der Waals surface area contributed by atoms with E-state index in [2.05, 4.69) is 0 Å². The summed E-state index contributed by atoms with van der Waals surface area (Å²) in [5, 5.41) is 0.263. The molecule has 0 fully saturated rings. The van der Waals surface area contributed by atoms with Gasteiger partial charge >= 0.3 is 0 Å². The van der Waals surface area contributed by atoms with Crippen molar-refractivity contribution in [3.63, 3.8) is 0 Å². The van der Waals surface area contributed by atoms with Crippen molar-refractivity contribution in [3.8, 4) is 5.75 Å². The highest BCUT2D eigenvalue weighted by atomic mass is 35.5. The van der Waals surface area contributed by atoms with Crippen molar-refractivity contribution in [1.29, 1.82) is 0 Å². The number of ketones is 1. The maximum absolute atomic E-state index is 11.4. The summed E-state index contributed by atoms with van der Waals surface area (Å²) < 4.78 is 5.26. The van der Waals surface area contributed by atoms with E-state index in [0.29, 0.717) is 18.6 Å². The molecule has 1 aromatic rings. The number of hydrogen-bond acceptors (Lipinski definition) is 3. The Kier molecular flexibility index (Phi) is 3.86. The van der Waals surface area contributed by atoms with Gasteiger partial charge in [0.05, 0.1) is 17.2 Å². The van der Waals surface area contributed by atoms with Gasteiger partial charge < -0.3 is 4.74 Å². The summed E-state index contributed by atoms with van der Waals surface area (Å²) in [6.45, 7) is 3.61. The summed E-state index contributed by atoms with van der Waals surface area (Å²) in [5.74, 6) is 0.166. The standard InChI is InChI=1S/C11H11ClO3/c1-3-15-10-5-4-9(12)8(6-13)11(10)7(2)14/h4-6H,3H2,1-2H3. The monoisotopic (exact) mass is 226 g/mol. The van der Waals surface area contributed by atoms with Crippen LogP contribution in [0.3, 0.4) is 0 Å². The number of aldehydes is 1. The minimum atomic E-state index is -0.233. The van der Waals surface area contributed by atoms with Gasteiger partial charge in [-0.25, -0.2) is 0 Å². The predicted molar refractivity (Wildman–Crippen MR) is 58.0 cm³/mol. The summed E-state index contributed by atoms with van der Waals surface area (Å²) in [6, 6.07) is 3.14. The van der Waals surface area contributed by atoms with Crippen LogP contribution in [0.1, 0.15) is 34.6 Å². The minimum absolute atomic E-state index is 0.190. The number of rotatable bonds is 4. The molecule has 0 saturated carbocycles. The van der Waals surface area contributed by atoms with Crippen molar-refractivity contribution in [3.05, 3.63) is 28.3 Å². The molecule has 0 aromatic heterocycles. The average molecular weight is 227 g/mol. The second-order valence-corrected chi connectivity index (χ2v) is 3.35. The molecule has 0 heterocycles. The summed E-state index contributed by atoms with van der Waals surface area (Å²) in [6.07, 6.45) is 0.571. The van der Waals surface area contributed by atoms with Crippen LogP contribution in [0.2, 0.25) is 5.02 Å². The maximum Gasteiger partial charge on any atom is 0.164 e. The zero-order valence-corrected chi connectivity index (χ0v) is 9.30. The smallest absolute Gasteiger partial charge is 0.164 e. The van der Waals surface area contributed by atoms with Crippen LogP contribution < -0.4 is 4.74 Å². The molecule has 4 heteroatoms. The first-order valence-electron chi connectivity index (χ1n) is 4.53. The van der Waals surface area contributed by atoms with Crippen LogP contribution in [0.15, 0.2) is 12.1 Å². The molecule has 0 aliphatic carbocycles. The van der Waals surface area contributed by atoms with E-state index in [0.717, 1.165) is 0 Å². The van der Waals surface area contributed by atoms with Crippen LogP contribution in [0.4, 0.5) is 0 Å². The lowest BCUT2D eigenvalue weighted by atomic mass is 10.0. The molecule has 0 N–H and O–H groups in total. The molecule has 0 amide bonds. The molecule has 15 heavy (non-hydrogen) atoms. The number of carbonyl (C=O) groups is 2. The number of halogens is 1. The molecule has 0 aliphatic heterocycles. The van der Waals surface area contributed by atoms with Crippen molar-refractivity contribution in [2.45, 2.75) is 13.8 Å². The fraction of sp³-hybridized carbons (Fsp3) is 0.273. The van der Waals surface area contributed by atoms with Gasteiger partial charge in [0.1, 0.15) is 5.75 Å². The lowest BCUT2D eigenvalue weighted by Crippen LogP contribution is -2.05. The second kappa shape index (κ2) is 4.94. The number of ether oxygens (including phenoxy) is 1. The third-order valence-electron chi connectivity index (χ3n) is 1.92. The Balaban J connectivity index is 3.41. The molecule has 3 nitrogen and oxygen atoms in total. The van der Waals surface area contributed by atoms with Gasteiger partial charge in [-0.2, -0.15) is 0 Å². The summed E-state index contributed by atoms with van der Waals surface area (Å²) in [5.41, 5.74) is 0.439. The molecule has 0 atom stereocenters. The Morgan fingerprint density at radius 2 is 2.20 bits per heavy atom. The van der Waals surface area contributed by atoms with E-state index in [9.17, 15) is 9.59 Å². The first kappa shape index (κ1) is 11.7. The van der Waals surface area contributed by atoms with Crippen molar-refractivity contribution in [2.24, 2.45) is 0 Å². The minimum Gasteiger partial charge on any atom is -0.493 e. The van der Waals surface area contributed by atoms with Gasteiger partial charge in [0, 0.05) is 5.56 Å². The molecule has 0 radical (unpaired) electrons. The van der Waals surface area contributed by atoms with Crippen molar-refractivity contribution in [2.75, 3.05) is 6.61 Å². The van der Waals surface area contributed by atoms with E-state index in [-0.39, 0.29) is 21.9 Å². The van der Waals surface area contributed by atoms with Gasteiger partial charge in [-0.1, -0.05) is 11.6 Å². The quantitative estimate of drug-likeness (QED) is 0.586. The van der Waals surface area contributed by atoms with Gasteiger partial charge in [-0.3, -0.25) is 9.59 Å². The van der Waals surface area contributed by atoms with Crippen molar-refractivity contribution in [1.82, 2.24) is 0 Å². The molecule has 80 valence electrons. The Labute approximate surface area is 93.0 Å². The fourth-order valence-corrected chi connectivity index (χ4v) is 1.53. The highest BCUT2D eigenvalue weighted by Gasteiger charge is 2.16. The highest BCUT2D eigenvalue weighted by molar-refractivity contribution is 6.34. The van der Waals surface area contributed by atoms with Gasteiger partial charge in [-0.15, -0.1) is 0 Å². The maximum atomic E-state index is 11.4. The van der Waals surface area contributed by atoms with E-state index in [1.54, 1.807) is 19.1 Å². The predicted octanol–water partition coefficient (Wildman–Crippen LogP) is 2.75. The lowest BCUT2D eigenvalue weighted by Gasteiger charge is -2.10. The van der Waals surface area contributed by atoms with Crippen LogP contribution >= 0.6 is 11.6 Å². The highest BCUT2D eigenvalue weighted by Crippen LogP contribution is 2.28. The van der Waals surface area contributed by atoms with Crippen molar-refractivity contribution >= 4 is 23.7 Å². The Hall–Kier alpha value is -1.35. The van der Waals surface area contributed by atoms with E-state index < -0.39 is 0 Å². The van der Waals surface area contributed by atoms with Crippen LogP contribution in [0.25, 0.3) is 0 Å². The third kappa shape index (κ3) is 2.36. The first-order chi connectivity index (χ1) is 7.11. The number of Topliss-reactive ketones (excluding diaryl/α,β-unsaturated/α-hetero) is 1. The van der Waals surface area contributed by atoms with E-state index in [1.807, 2.05) is 0 Å². The molecule has 0 saturated heterocycles. The van der Waals surface area contributed by atoms with E-state index in [1.165, 1.54) is 6.92 Å². The molecule has 0 spiro atoms. The van der Waals surface area contributed by atoms with E-state index in [4.69, 9.17) is 16.3 Å². The van der Waals surface area contributed by atoms with Crippen LogP contribution in [0.5, 0.6) is 5.75 Å². The van der Waals surface area contributed by atoms with Crippen LogP contribution in [0, 0.1) is 0 Å². The summed E-state index contributed by atoms with van der Waals surface area (Å²) in [4.78, 5) is 22.2. The lowest BCUT2D eigenvalue weighted by molar-refractivity contribution is 0.100. The van der Waals surface area contributed by atoms with Gasteiger partial charge in [0.15, 0.2) is 12.1 Å². The molecule has 0 bridgehead atoms. The topological polar surface area (TPSA) is 43.4 Å². The molecule has 0 unspecified atom stereocenters. The Bertz CT molecular complexity index is 399. The molecular formula is C11H11ClO3. The molecule has 1 aromatic carbocycles. The normalized spacial score (nSPS) is 9.80. The Morgan fingerprint density at radius 3 is 2.67 bits per heavy atom. The SMILES string of the molecule is CCOc1ccc(Cl)c(C=O)c1C(C)=O. The van der Waals surface area contributed by atoms with Crippen LogP contribution in [-0.4, -0.2) is 18.7 Å². The largest absolute Gasteiger partial charge is 0.493 e. The first-order valence-corrected chi connectivity index (χ1v) is 4.91. The number of benzene rings is 1. The number of carbonyl (C=O) groups excluding carboxylic acids is 2. The third-order valence-corrected chi connectivity index (χ3v) is 2.25. The zero-order valence-electron chi connectivity index (χ0n) is 8.54. The molecule has 0 aliphatic rings. The van der Waals surface area contributed by atoms with E-state index >= 15 is 0 Å². The Morgan fingerprint density at radius 1 is 1.53 bits per heavy atom. The molecule has 1 rings (SSSR count). The summed E-state index contributed by atoms with van der Waals surface area (Å²) in [7, 11) is 0. The zero-order chi connectivity index (χ0) is 11.4. The van der Waals surface area contributed by atoms with Crippen LogP contribution in [-0.2, 0) is 0 Å². The van der Waals surface area contributed by atoms with Crippen molar-refractivity contribution < 1.29 is 14.3 Å². The summed E-state index contributed by atoms with van der Waals surface area (Å²) >= 11 is 5.81.